The molecule has 0 spiro atoms. The van der Waals surface area contributed by atoms with E-state index in [-0.39, 0.29) is 5.88 Å². The Kier molecular flexibility index (Phi) is 3.74. The average Bonchev–Trinajstić information content (AvgIpc) is 2.83. The van der Waals surface area contributed by atoms with Gasteiger partial charge in [0.15, 0.2) is 0 Å². The zero-order valence-corrected chi connectivity index (χ0v) is 12.6. The van der Waals surface area contributed by atoms with Crippen LogP contribution >= 0.6 is 23.2 Å². The Morgan fingerprint density at radius 1 is 1.24 bits per heavy atom. The molecule has 2 aromatic carbocycles. The fraction of sp³-hybridized carbons (Fsp3) is 0.133. The molecule has 0 aliphatic rings. The van der Waals surface area contributed by atoms with Crippen LogP contribution in [0.25, 0.3) is 16.7 Å². The van der Waals surface area contributed by atoms with Gasteiger partial charge in [-0.3, -0.25) is 4.57 Å². The quantitative estimate of drug-likeness (QED) is 0.660. The van der Waals surface area contributed by atoms with Crippen LogP contribution < -0.4 is 4.74 Å². The standard InChI is InChI=1S/C15H11Cl2FN2O/c1-21-12-2-3-13-14(7-12)20(15(8-16)19-13)11-5-9(17)4-10(18)6-11/h2-7H,8H2,1H3. The monoisotopic (exact) mass is 324 g/mol. The zero-order valence-electron chi connectivity index (χ0n) is 11.1. The predicted molar refractivity (Wildman–Crippen MR) is 82.1 cm³/mol. The number of fused-ring (bicyclic) bond motifs is 1. The molecule has 0 fully saturated rings. The van der Waals surface area contributed by atoms with Crippen molar-refractivity contribution in [1.82, 2.24) is 9.55 Å². The van der Waals surface area contributed by atoms with E-state index in [1.165, 1.54) is 12.1 Å². The van der Waals surface area contributed by atoms with Gasteiger partial charge in [0, 0.05) is 11.1 Å². The number of aromatic nitrogens is 2. The third-order valence-electron chi connectivity index (χ3n) is 3.16. The molecule has 6 heteroatoms. The Morgan fingerprint density at radius 2 is 2.05 bits per heavy atom. The van der Waals surface area contributed by atoms with Gasteiger partial charge in [-0.1, -0.05) is 11.6 Å². The molecule has 0 aliphatic heterocycles. The van der Waals surface area contributed by atoms with Crippen LogP contribution in [0, 0.1) is 5.82 Å². The lowest BCUT2D eigenvalue weighted by Gasteiger charge is -2.09. The van der Waals surface area contributed by atoms with E-state index in [1.807, 2.05) is 18.2 Å². The Morgan fingerprint density at radius 3 is 2.71 bits per heavy atom. The number of rotatable bonds is 3. The first-order chi connectivity index (χ1) is 10.1. The van der Waals surface area contributed by atoms with Gasteiger partial charge in [0.2, 0.25) is 0 Å². The SMILES string of the molecule is COc1ccc2nc(CCl)n(-c3cc(F)cc(Cl)c3)c2c1. The van der Waals surface area contributed by atoms with Gasteiger partial charge in [0.05, 0.1) is 29.7 Å². The first-order valence-electron chi connectivity index (χ1n) is 6.20. The van der Waals surface area contributed by atoms with Crippen LogP contribution in [0.1, 0.15) is 5.82 Å². The summed E-state index contributed by atoms with van der Waals surface area (Å²) in [4.78, 5) is 4.45. The summed E-state index contributed by atoms with van der Waals surface area (Å²) >= 11 is 11.9. The highest BCUT2D eigenvalue weighted by molar-refractivity contribution is 6.30. The molecule has 0 unspecified atom stereocenters. The lowest BCUT2D eigenvalue weighted by molar-refractivity contribution is 0.415. The van der Waals surface area contributed by atoms with Crippen molar-refractivity contribution in [2.45, 2.75) is 5.88 Å². The fourth-order valence-electron chi connectivity index (χ4n) is 2.28. The normalized spacial score (nSPS) is 11.0. The Hall–Kier alpha value is -1.78. The highest BCUT2D eigenvalue weighted by Crippen LogP contribution is 2.28. The highest BCUT2D eigenvalue weighted by Gasteiger charge is 2.14. The smallest absolute Gasteiger partial charge is 0.129 e. The zero-order chi connectivity index (χ0) is 15.0. The average molecular weight is 325 g/mol. The van der Waals surface area contributed by atoms with E-state index in [0.717, 1.165) is 11.0 Å². The van der Waals surface area contributed by atoms with Crippen molar-refractivity contribution in [3.63, 3.8) is 0 Å². The molecule has 21 heavy (non-hydrogen) atoms. The molecule has 0 aliphatic carbocycles. The Labute approximate surface area is 130 Å². The molecule has 0 amide bonds. The number of imidazole rings is 1. The number of alkyl halides is 1. The summed E-state index contributed by atoms with van der Waals surface area (Å²) in [7, 11) is 1.59. The molecule has 3 nitrogen and oxygen atoms in total. The van der Waals surface area contributed by atoms with Crippen LogP contribution in [0.4, 0.5) is 4.39 Å². The lowest BCUT2D eigenvalue weighted by atomic mass is 10.2. The second-order valence-corrected chi connectivity index (χ2v) is 5.18. The van der Waals surface area contributed by atoms with Crippen molar-refractivity contribution in [3.05, 3.63) is 53.1 Å². The molecule has 0 radical (unpaired) electrons. The van der Waals surface area contributed by atoms with Crippen molar-refractivity contribution in [3.8, 4) is 11.4 Å². The molecule has 0 N–H and O–H groups in total. The molecule has 0 saturated heterocycles. The van der Waals surface area contributed by atoms with Crippen LogP contribution in [0.5, 0.6) is 5.75 Å². The first kappa shape index (κ1) is 14.2. The third-order valence-corrected chi connectivity index (χ3v) is 3.61. The van der Waals surface area contributed by atoms with Crippen LogP contribution in [-0.4, -0.2) is 16.7 Å². The van der Waals surface area contributed by atoms with Crippen LogP contribution in [0.3, 0.4) is 0 Å². The number of methoxy groups -OCH3 is 1. The minimum absolute atomic E-state index is 0.200. The third kappa shape index (κ3) is 2.57. The maximum Gasteiger partial charge on any atom is 0.129 e. The predicted octanol–water partition coefficient (Wildman–Crippen LogP) is 4.57. The maximum absolute atomic E-state index is 13.6. The first-order valence-corrected chi connectivity index (χ1v) is 7.11. The lowest BCUT2D eigenvalue weighted by Crippen LogP contribution is -2.00. The molecular weight excluding hydrogens is 314 g/mol. The van der Waals surface area contributed by atoms with Crippen molar-refractivity contribution in [1.29, 1.82) is 0 Å². The summed E-state index contributed by atoms with van der Waals surface area (Å²) < 4.78 is 20.6. The van der Waals surface area contributed by atoms with Gasteiger partial charge in [-0.05, 0) is 30.3 Å². The number of nitrogens with zero attached hydrogens (tertiary/aromatic N) is 2. The summed E-state index contributed by atoms with van der Waals surface area (Å²) in [5, 5.41) is 0.315. The van der Waals surface area contributed by atoms with Gasteiger partial charge in [0.25, 0.3) is 0 Å². The second kappa shape index (κ2) is 5.54. The number of hydrogen-bond acceptors (Lipinski definition) is 2. The summed E-state index contributed by atoms with van der Waals surface area (Å²) in [6, 6.07) is 9.80. The van der Waals surface area contributed by atoms with E-state index in [0.29, 0.717) is 22.3 Å². The van der Waals surface area contributed by atoms with Crippen molar-refractivity contribution in [2.24, 2.45) is 0 Å². The largest absolute Gasteiger partial charge is 0.497 e. The van der Waals surface area contributed by atoms with Crippen molar-refractivity contribution in [2.75, 3.05) is 7.11 Å². The van der Waals surface area contributed by atoms with Crippen molar-refractivity contribution >= 4 is 34.2 Å². The molecule has 3 aromatic rings. The minimum atomic E-state index is -0.414. The summed E-state index contributed by atoms with van der Waals surface area (Å²) in [6.45, 7) is 0. The minimum Gasteiger partial charge on any atom is -0.497 e. The van der Waals surface area contributed by atoms with E-state index in [2.05, 4.69) is 4.98 Å². The van der Waals surface area contributed by atoms with Gasteiger partial charge >= 0.3 is 0 Å². The van der Waals surface area contributed by atoms with E-state index in [4.69, 9.17) is 27.9 Å². The number of benzene rings is 2. The van der Waals surface area contributed by atoms with Gasteiger partial charge < -0.3 is 4.74 Å². The molecule has 0 bridgehead atoms. The van der Waals surface area contributed by atoms with Crippen molar-refractivity contribution < 1.29 is 9.13 Å². The molecule has 1 aromatic heterocycles. The number of ether oxygens (including phenoxy) is 1. The van der Waals surface area contributed by atoms with Gasteiger partial charge in [-0.25, -0.2) is 9.37 Å². The topological polar surface area (TPSA) is 27.1 Å². The fourth-order valence-corrected chi connectivity index (χ4v) is 2.67. The van der Waals surface area contributed by atoms with Crippen LogP contribution in [0.15, 0.2) is 36.4 Å². The number of halogens is 3. The van der Waals surface area contributed by atoms with Crippen LogP contribution in [-0.2, 0) is 5.88 Å². The summed E-state index contributed by atoms with van der Waals surface area (Å²) in [5.74, 6) is 1.09. The maximum atomic E-state index is 13.6. The van der Waals surface area contributed by atoms with E-state index >= 15 is 0 Å². The van der Waals surface area contributed by atoms with Gasteiger partial charge in [-0.2, -0.15) is 0 Å². The van der Waals surface area contributed by atoms with E-state index < -0.39 is 5.82 Å². The van der Waals surface area contributed by atoms with E-state index in [9.17, 15) is 4.39 Å². The Bertz CT molecular complexity index is 797. The molecular formula is C15H11Cl2FN2O. The van der Waals surface area contributed by atoms with Gasteiger partial charge in [-0.15, -0.1) is 11.6 Å². The molecule has 0 atom stereocenters. The summed E-state index contributed by atoms with van der Waals surface area (Å²) in [5.41, 5.74) is 2.12. The van der Waals surface area contributed by atoms with Gasteiger partial charge in [0.1, 0.15) is 17.4 Å². The molecule has 1 heterocycles. The molecule has 0 saturated carbocycles. The van der Waals surface area contributed by atoms with E-state index in [1.54, 1.807) is 17.7 Å². The highest BCUT2D eigenvalue weighted by atomic mass is 35.5. The number of hydrogen-bond donors (Lipinski definition) is 0. The second-order valence-electron chi connectivity index (χ2n) is 4.48. The van der Waals surface area contributed by atoms with Crippen LogP contribution in [0.2, 0.25) is 5.02 Å². The molecule has 3 rings (SSSR count). The summed E-state index contributed by atoms with van der Waals surface area (Å²) in [6.07, 6.45) is 0. The Balaban J connectivity index is 2.32. The molecule has 108 valence electrons.